The van der Waals surface area contributed by atoms with E-state index < -0.39 is 5.60 Å². The Labute approximate surface area is 161 Å². The zero-order chi connectivity index (χ0) is 20.0. The van der Waals surface area contributed by atoms with Gasteiger partial charge in [-0.3, -0.25) is 9.59 Å². The number of allylic oxidation sites excluding steroid dienone is 1. The molecular weight excluding hydrogens is 348 g/mol. The minimum atomic E-state index is -0.482. The van der Waals surface area contributed by atoms with Crippen LogP contribution in [-0.4, -0.2) is 66.2 Å². The lowest BCUT2D eigenvalue weighted by Gasteiger charge is -2.39. The molecule has 0 aromatic rings. The molecule has 2 fully saturated rings. The molecule has 0 aromatic carbocycles. The van der Waals surface area contributed by atoms with E-state index in [2.05, 4.69) is 0 Å². The molecule has 7 nitrogen and oxygen atoms in total. The van der Waals surface area contributed by atoms with Gasteiger partial charge in [0.1, 0.15) is 5.60 Å². The predicted octanol–water partition coefficient (Wildman–Crippen LogP) is 2.60. The van der Waals surface area contributed by atoms with Gasteiger partial charge in [-0.1, -0.05) is 6.08 Å². The molecule has 0 saturated carbocycles. The van der Waals surface area contributed by atoms with Crippen LogP contribution in [-0.2, 0) is 19.1 Å². The first-order valence-electron chi connectivity index (χ1n) is 9.79. The average Bonchev–Trinajstić information content (AvgIpc) is 2.55. The highest BCUT2D eigenvalue weighted by molar-refractivity contribution is 5.88. The highest BCUT2D eigenvalue weighted by atomic mass is 16.6. The van der Waals surface area contributed by atoms with Gasteiger partial charge in [-0.25, -0.2) is 4.79 Å². The molecule has 1 atom stereocenters. The maximum atomic E-state index is 12.3. The van der Waals surface area contributed by atoms with Crippen LogP contribution in [0.15, 0.2) is 12.2 Å². The summed E-state index contributed by atoms with van der Waals surface area (Å²) in [5, 5.41) is 0. The monoisotopic (exact) mass is 380 g/mol. The number of rotatable bonds is 5. The lowest BCUT2D eigenvalue weighted by atomic mass is 9.96. The summed E-state index contributed by atoms with van der Waals surface area (Å²) in [6.07, 6.45) is 5.51. The number of esters is 1. The van der Waals surface area contributed by atoms with E-state index in [-0.39, 0.29) is 23.9 Å². The van der Waals surface area contributed by atoms with E-state index in [0.29, 0.717) is 38.7 Å². The number of hydrogen-bond donors (Lipinski definition) is 0. The minimum Gasteiger partial charge on any atom is -0.466 e. The second kappa shape index (κ2) is 9.24. The van der Waals surface area contributed by atoms with Crippen molar-refractivity contribution in [3.8, 4) is 0 Å². The predicted molar refractivity (Wildman–Crippen MR) is 101 cm³/mol. The van der Waals surface area contributed by atoms with Crippen molar-refractivity contribution in [3.63, 3.8) is 0 Å². The Kier molecular flexibility index (Phi) is 7.27. The smallest absolute Gasteiger partial charge is 0.410 e. The zero-order valence-corrected chi connectivity index (χ0v) is 16.9. The van der Waals surface area contributed by atoms with Crippen LogP contribution in [0.1, 0.15) is 47.0 Å². The molecule has 0 spiro atoms. The van der Waals surface area contributed by atoms with E-state index in [1.807, 2.05) is 26.8 Å². The summed E-state index contributed by atoms with van der Waals surface area (Å²) in [5.74, 6) is -0.136. The van der Waals surface area contributed by atoms with E-state index in [1.165, 1.54) is 0 Å². The molecule has 0 aliphatic carbocycles. The molecule has 0 unspecified atom stereocenters. The van der Waals surface area contributed by atoms with Crippen LogP contribution in [0.2, 0.25) is 0 Å². The van der Waals surface area contributed by atoms with Gasteiger partial charge in [0.15, 0.2) is 0 Å². The summed E-state index contributed by atoms with van der Waals surface area (Å²) in [7, 11) is 0. The van der Waals surface area contributed by atoms with Gasteiger partial charge in [0.05, 0.1) is 12.5 Å². The first-order chi connectivity index (χ1) is 12.7. The second-order valence-corrected chi connectivity index (χ2v) is 8.26. The molecular formula is C20H32N2O5. The Morgan fingerprint density at radius 1 is 1.11 bits per heavy atom. The van der Waals surface area contributed by atoms with Crippen molar-refractivity contribution in [3.05, 3.63) is 12.2 Å². The van der Waals surface area contributed by atoms with Gasteiger partial charge in [0.2, 0.25) is 5.91 Å². The Balaban J connectivity index is 1.70. The van der Waals surface area contributed by atoms with Crippen molar-refractivity contribution < 1.29 is 23.9 Å². The fourth-order valence-electron chi connectivity index (χ4n) is 3.29. The van der Waals surface area contributed by atoms with Crippen LogP contribution < -0.4 is 0 Å². The summed E-state index contributed by atoms with van der Waals surface area (Å²) in [6.45, 7) is 10.1. The first kappa shape index (κ1) is 21.3. The van der Waals surface area contributed by atoms with Crippen LogP contribution in [0.25, 0.3) is 0 Å². The molecule has 2 rings (SSSR count). The molecule has 0 bridgehead atoms. The normalized spacial score (nSPS) is 21.1. The summed E-state index contributed by atoms with van der Waals surface area (Å²) in [5.41, 5.74) is -0.482. The highest BCUT2D eigenvalue weighted by Crippen LogP contribution is 2.23. The third kappa shape index (κ3) is 6.56. The molecule has 2 aliphatic heterocycles. The minimum absolute atomic E-state index is 0.0627. The molecule has 152 valence electrons. The average molecular weight is 380 g/mol. The molecule has 2 saturated heterocycles. The van der Waals surface area contributed by atoms with Gasteiger partial charge >= 0.3 is 12.1 Å². The maximum Gasteiger partial charge on any atom is 0.410 e. The molecule has 0 N–H and O–H groups in total. The lowest BCUT2D eigenvalue weighted by Crippen LogP contribution is -2.51. The molecule has 27 heavy (non-hydrogen) atoms. The van der Waals surface area contributed by atoms with Gasteiger partial charge in [-0.15, -0.1) is 0 Å². The first-order valence-corrected chi connectivity index (χ1v) is 9.79. The van der Waals surface area contributed by atoms with E-state index in [1.54, 1.807) is 22.8 Å². The Morgan fingerprint density at radius 3 is 2.44 bits per heavy atom. The Morgan fingerprint density at radius 2 is 1.81 bits per heavy atom. The highest BCUT2D eigenvalue weighted by Gasteiger charge is 2.33. The molecule has 0 radical (unpaired) electrons. The van der Waals surface area contributed by atoms with Crippen molar-refractivity contribution in [2.75, 3.05) is 32.8 Å². The van der Waals surface area contributed by atoms with Crippen molar-refractivity contribution in [1.29, 1.82) is 0 Å². The van der Waals surface area contributed by atoms with Crippen molar-refractivity contribution in [2.24, 2.45) is 11.8 Å². The number of likely N-dealkylation sites (tertiary alicyclic amines) is 2. The molecule has 2 amide bonds. The van der Waals surface area contributed by atoms with Crippen LogP contribution in [0.5, 0.6) is 0 Å². The molecule has 2 heterocycles. The van der Waals surface area contributed by atoms with Gasteiger partial charge in [0.25, 0.3) is 0 Å². The molecule has 2 aliphatic rings. The van der Waals surface area contributed by atoms with Gasteiger partial charge < -0.3 is 19.3 Å². The van der Waals surface area contributed by atoms with E-state index in [9.17, 15) is 14.4 Å². The van der Waals surface area contributed by atoms with Gasteiger partial charge in [0, 0.05) is 26.2 Å². The lowest BCUT2D eigenvalue weighted by molar-refractivity contribution is -0.150. The summed E-state index contributed by atoms with van der Waals surface area (Å²) >= 11 is 0. The number of carbonyl (C=O) groups is 3. The Hall–Kier alpha value is -2.05. The SMILES string of the molecule is CCOC(=O)[C@@H]1CCCN(C(=O)C=CCC2CN(C(=O)OC(C)(C)C)C2)C1. The largest absolute Gasteiger partial charge is 0.466 e. The summed E-state index contributed by atoms with van der Waals surface area (Å²) in [6, 6.07) is 0. The van der Waals surface area contributed by atoms with Crippen molar-refractivity contribution >= 4 is 18.0 Å². The van der Waals surface area contributed by atoms with Crippen LogP contribution in [0.3, 0.4) is 0 Å². The quantitative estimate of drug-likeness (QED) is 0.541. The van der Waals surface area contributed by atoms with Gasteiger partial charge in [-0.05, 0) is 59.0 Å². The third-order valence-corrected chi connectivity index (χ3v) is 4.69. The van der Waals surface area contributed by atoms with Gasteiger partial charge in [-0.2, -0.15) is 0 Å². The fraction of sp³-hybridized carbons (Fsp3) is 0.750. The van der Waals surface area contributed by atoms with Crippen molar-refractivity contribution in [2.45, 2.75) is 52.6 Å². The number of nitrogens with zero attached hydrogens (tertiary/aromatic N) is 2. The van der Waals surface area contributed by atoms with Crippen LogP contribution in [0.4, 0.5) is 4.79 Å². The third-order valence-electron chi connectivity index (χ3n) is 4.69. The topological polar surface area (TPSA) is 76.2 Å². The standard InChI is InChI=1S/C20H32N2O5/c1-5-26-18(24)16-9-7-11-21(14-16)17(23)10-6-8-15-12-22(13-15)19(25)27-20(2,3)4/h6,10,15-16H,5,7-9,11-14H2,1-4H3/t16-/m1/s1. The van der Waals surface area contributed by atoms with E-state index >= 15 is 0 Å². The van der Waals surface area contributed by atoms with E-state index in [4.69, 9.17) is 9.47 Å². The van der Waals surface area contributed by atoms with Crippen molar-refractivity contribution in [1.82, 2.24) is 9.80 Å². The maximum absolute atomic E-state index is 12.3. The summed E-state index contributed by atoms with van der Waals surface area (Å²) < 4.78 is 10.4. The number of piperidine rings is 1. The molecule has 0 aromatic heterocycles. The zero-order valence-electron chi connectivity index (χ0n) is 16.9. The number of ether oxygens (including phenoxy) is 2. The fourth-order valence-corrected chi connectivity index (χ4v) is 3.29. The van der Waals surface area contributed by atoms with Crippen LogP contribution >= 0.6 is 0 Å². The van der Waals surface area contributed by atoms with E-state index in [0.717, 1.165) is 19.3 Å². The number of amides is 2. The Bertz CT molecular complexity index is 575. The second-order valence-electron chi connectivity index (χ2n) is 8.26. The number of carbonyl (C=O) groups excluding carboxylic acids is 3. The van der Waals surface area contributed by atoms with Crippen LogP contribution in [0, 0.1) is 11.8 Å². The summed E-state index contributed by atoms with van der Waals surface area (Å²) in [4.78, 5) is 39.5. The number of hydrogen-bond acceptors (Lipinski definition) is 5. The molecule has 7 heteroatoms.